The van der Waals surface area contributed by atoms with Crippen LogP contribution in [0.2, 0.25) is 0 Å². The largest absolute Gasteiger partial charge is 0.416 e. The van der Waals surface area contributed by atoms with E-state index in [2.05, 4.69) is 10.3 Å². The van der Waals surface area contributed by atoms with E-state index in [-0.39, 0.29) is 37.0 Å². The molecule has 1 saturated heterocycles. The van der Waals surface area contributed by atoms with Gasteiger partial charge in [0, 0.05) is 43.7 Å². The third-order valence-corrected chi connectivity index (χ3v) is 6.69. The average Bonchev–Trinajstić information content (AvgIpc) is 2.99. The van der Waals surface area contributed by atoms with Crippen LogP contribution in [0.3, 0.4) is 0 Å². The number of rotatable bonds is 4. The van der Waals surface area contributed by atoms with Crippen LogP contribution in [0.15, 0.2) is 60.8 Å². The molecule has 1 fully saturated rings. The number of nitrogens with one attached hydrogen (secondary N) is 1. The molecular weight excluding hydrogens is 499 g/mol. The van der Waals surface area contributed by atoms with Crippen molar-refractivity contribution in [3.63, 3.8) is 0 Å². The first kappa shape index (κ1) is 25.2. The van der Waals surface area contributed by atoms with Gasteiger partial charge in [-0.1, -0.05) is 24.3 Å². The second kappa shape index (κ2) is 9.81. The van der Waals surface area contributed by atoms with Crippen molar-refractivity contribution in [2.75, 3.05) is 48.3 Å². The number of fused-ring (bicyclic) bond motifs is 3. The zero-order chi connectivity index (χ0) is 27.0. The summed E-state index contributed by atoms with van der Waals surface area (Å²) in [5.74, 6) is -0.429. The van der Waals surface area contributed by atoms with Crippen molar-refractivity contribution >= 4 is 34.9 Å². The summed E-state index contributed by atoms with van der Waals surface area (Å²) in [6.45, 7) is 0.874. The van der Waals surface area contributed by atoms with E-state index in [4.69, 9.17) is 0 Å². The highest BCUT2D eigenvalue weighted by molar-refractivity contribution is 6.07. The van der Waals surface area contributed by atoms with Gasteiger partial charge in [0.2, 0.25) is 17.7 Å². The van der Waals surface area contributed by atoms with Crippen LogP contribution < -0.4 is 15.1 Å². The lowest BCUT2D eigenvalue weighted by atomic mass is 9.99. The summed E-state index contributed by atoms with van der Waals surface area (Å²) in [6.07, 6.45) is -2.79. The van der Waals surface area contributed by atoms with Crippen LogP contribution in [-0.2, 0) is 27.0 Å². The van der Waals surface area contributed by atoms with Gasteiger partial charge in [-0.3, -0.25) is 14.4 Å². The number of carbonyl (C=O) groups is 3. The Morgan fingerprint density at radius 2 is 1.74 bits per heavy atom. The van der Waals surface area contributed by atoms with Gasteiger partial charge < -0.3 is 20.0 Å². The highest BCUT2D eigenvalue weighted by Crippen LogP contribution is 2.38. The fourth-order valence-corrected chi connectivity index (χ4v) is 4.58. The zero-order valence-electron chi connectivity index (χ0n) is 20.5. The Morgan fingerprint density at radius 3 is 2.45 bits per heavy atom. The van der Waals surface area contributed by atoms with E-state index in [9.17, 15) is 27.6 Å². The van der Waals surface area contributed by atoms with Crippen molar-refractivity contribution < 1.29 is 27.6 Å². The van der Waals surface area contributed by atoms with Gasteiger partial charge in [-0.15, -0.1) is 0 Å². The maximum absolute atomic E-state index is 13.4. The fourth-order valence-electron chi connectivity index (χ4n) is 4.58. The van der Waals surface area contributed by atoms with E-state index in [1.807, 2.05) is 29.2 Å². The molecule has 8 nitrogen and oxygen atoms in total. The summed E-state index contributed by atoms with van der Waals surface area (Å²) in [4.78, 5) is 48.0. The number of amides is 3. The molecule has 196 valence electrons. The molecule has 5 rings (SSSR count). The summed E-state index contributed by atoms with van der Waals surface area (Å²) in [6, 6.07) is 13.2. The Labute approximate surface area is 216 Å². The van der Waals surface area contributed by atoms with Crippen molar-refractivity contribution in [3.8, 4) is 11.1 Å². The van der Waals surface area contributed by atoms with Crippen LogP contribution in [0, 0.1) is 0 Å². The van der Waals surface area contributed by atoms with E-state index in [0.29, 0.717) is 30.2 Å². The maximum Gasteiger partial charge on any atom is 0.416 e. The predicted molar refractivity (Wildman–Crippen MR) is 136 cm³/mol. The number of carbonyl (C=O) groups excluding carboxylic acids is 3. The second-order valence-electron chi connectivity index (χ2n) is 9.23. The van der Waals surface area contributed by atoms with Gasteiger partial charge in [0.05, 0.1) is 24.2 Å². The zero-order valence-corrected chi connectivity index (χ0v) is 20.5. The third kappa shape index (κ3) is 5.04. The van der Waals surface area contributed by atoms with E-state index < -0.39 is 17.6 Å². The highest BCUT2D eigenvalue weighted by Gasteiger charge is 2.31. The molecule has 0 radical (unpaired) electrons. The molecule has 38 heavy (non-hydrogen) atoms. The van der Waals surface area contributed by atoms with Crippen LogP contribution in [0.25, 0.3) is 11.1 Å². The predicted octanol–water partition coefficient (Wildman–Crippen LogP) is 3.57. The monoisotopic (exact) mass is 523 g/mol. The molecule has 0 unspecified atom stereocenters. The lowest BCUT2D eigenvalue weighted by molar-refractivity contribution is -0.137. The Bertz CT molecular complexity index is 1410. The number of hydrogen-bond acceptors (Lipinski definition) is 5. The van der Waals surface area contributed by atoms with Gasteiger partial charge in [0.1, 0.15) is 12.4 Å². The number of halogens is 3. The molecule has 0 bridgehead atoms. The number of piperazine rings is 1. The molecule has 0 atom stereocenters. The van der Waals surface area contributed by atoms with Crippen molar-refractivity contribution in [3.05, 3.63) is 71.9 Å². The molecule has 2 aromatic carbocycles. The van der Waals surface area contributed by atoms with Gasteiger partial charge in [0.15, 0.2) is 0 Å². The molecule has 11 heteroatoms. The first-order valence-electron chi connectivity index (χ1n) is 11.9. The number of hydrogen-bond donors (Lipinski definition) is 1. The Hall–Kier alpha value is -4.41. The molecule has 1 N–H and O–H groups in total. The molecule has 3 heterocycles. The second-order valence-corrected chi connectivity index (χ2v) is 9.23. The molecule has 2 aliphatic heterocycles. The number of alkyl halides is 3. The Balaban J connectivity index is 1.45. The number of nitrogens with zero attached hydrogens (tertiary/aromatic N) is 4. The molecule has 0 spiro atoms. The SMILES string of the molecule is CN1CCN(c2cc3c(cn2)-c2ccccc2CC(=O)N3CC(=O)Nc2ccc(C(F)(F)F)cc2)CC1=O. The first-order valence-corrected chi connectivity index (χ1v) is 11.9. The van der Waals surface area contributed by atoms with Gasteiger partial charge >= 0.3 is 6.18 Å². The number of likely N-dealkylation sites (N-methyl/N-ethyl adjacent to an activating group) is 1. The molecular formula is C27H24F3N5O3. The number of pyridine rings is 1. The minimum absolute atomic E-state index is 0.0535. The van der Waals surface area contributed by atoms with E-state index in [1.54, 1.807) is 24.2 Å². The van der Waals surface area contributed by atoms with Crippen LogP contribution >= 0.6 is 0 Å². The maximum atomic E-state index is 13.4. The van der Waals surface area contributed by atoms with Crippen molar-refractivity contribution in [1.29, 1.82) is 0 Å². The van der Waals surface area contributed by atoms with Gasteiger partial charge in [-0.25, -0.2) is 4.98 Å². The molecule has 3 amide bonds. The molecule has 0 saturated carbocycles. The molecule has 1 aromatic heterocycles. The number of aromatic nitrogens is 1. The smallest absolute Gasteiger partial charge is 0.345 e. The van der Waals surface area contributed by atoms with Crippen LogP contribution in [-0.4, -0.2) is 60.8 Å². The summed E-state index contributed by atoms with van der Waals surface area (Å²) >= 11 is 0. The fraction of sp³-hybridized carbons (Fsp3) is 0.259. The number of benzene rings is 2. The topological polar surface area (TPSA) is 85.8 Å². The minimum Gasteiger partial charge on any atom is -0.345 e. The van der Waals surface area contributed by atoms with E-state index in [1.165, 1.54) is 17.0 Å². The summed E-state index contributed by atoms with van der Waals surface area (Å²) in [7, 11) is 1.73. The van der Waals surface area contributed by atoms with Crippen molar-refractivity contribution in [1.82, 2.24) is 9.88 Å². The highest BCUT2D eigenvalue weighted by atomic mass is 19.4. The van der Waals surface area contributed by atoms with Crippen LogP contribution in [0.1, 0.15) is 11.1 Å². The van der Waals surface area contributed by atoms with Crippen LogP contribution in [0.5, 0.6) is 0 Å². The van der Waals surface area contributed by atoms with E-state index >= 15 is 0 Å². The van der Waals surface area contributed by atoms with Crippen LogP contribution in [0.4, 0.5) is 30.4 Å². The van der Waals surface area contributed by atoms with E-state index in [0.717, 1.165) is 23.3 Å². The van der Waals surface area contributed by atoms with Gasteiger partial charge in [-0.05, 0) is 35.4 Å². The molecule has 3 aromatic rings. The molecule has 0 aliphatic carbocycles. The van der Waals surface area contributed by atoms with Gasteiger partial charge in [0.25, 0.3) is 0 Å². The van der Waals surface area contributed by atoms with Gasteiger partial charge in [-0.2, -0.15) is 13.2 Å². The summed E-state index contributed by atoms with van der Waals surface area (Å²) < 4.78 is 38.6. The third-order valence-electron chi connectivity index (χ3n) is 6.69. The lowest BCUT2D eigenvalue weighted by Gasteiger charge is -2.33. The first-order chi connectivity index (χ1) is 18.1. The number of anilines is 3. The molecule has 2 aliphatic rings. The average molecular weight is 524 g/mol. The Morgan fingerprint density at radius 1 is 1.00 bits per heavy atom. The lowest BCUT2D eigenvalue weighted by Crippen LogP contribution is -2.49. The van der Waals surface area contributed by atoms with Crippen molar-refractivity contribution in [2.45, 2.75) is 12.6 Å². The minimum atomic E-state index is -4.49. The Kier molecular flexibility index (Phi) is 6.52. The normalized spacial score (nSPS) is 15.6. The summed E-state index contributed by atoms with van der Waals surface area (Å²) in [5.41, 5.74) is 2.09. The quantitative estimate of drug-likeness (QED) is 0.565. The summed E-state index contributed by atoms with van der Waals surface area (Å²) in [5, 5.41) is 2.57. The standard InChI is InChI=1S/C27H24F3N5O3/c1-33-10-11-34(16-26(33)38)23-13-22-21(14-31-23)20-5-3-2-4-17(20)12-25(37)35(22)15-24(36)32-19-8-6-18(7-9-19)27(28,29)30/h2-9,13-14H,10-12,15-16H2,1H3,(H,32,36). The van der Waals surface area contributed by atoms with Crippen molar-refractivity contribution in [2.24, 2.45) is 0 Å².